The quantitative estimate of drug-likeness (QED) is 0.468. The molecule has 2 aromatic carbocycles. The van der Waals surface area contributed by atoms with E-state index in [1.54, 1.807) is 41.5 Å². The molecule has 0 N–H and O–H groups in total. The molecule has 0 unspecified atom stereocenters. The normalized spacial score (nSPS) is 16.7. The molecule has 1 aliphatic heterocycles. The summed E-state index contributed by atoms with van der Waals surface area (Å²) in [7, 11) is 1.72. The van der Waals surface area contributed by atoms with Crippen LogP contribution in [0, 0.1) is 16.0 Å². The van der Waals surface area contributed by atoms with Gasteiger partial charge in [-0.25, -0.2) is 4.98 Å². The zero-order valence-corrected chi connectivity index (χ0v) is 17.0. The number of nitrogens with zero attached hydrogens (tertiary/aromatic N) is 4. The molecule has 0 saturated carbocycles. The van der Waals surface area contributed by atoms with E-state index in [1.165, 1.54) is 6.07 Å². The summed E-state index contributed by atoms with van der Waals surface area (Å²) in [5.74, 6) is -0.113. The van der Waals surface area contributed by atoms with E-state index < -0.39 is 4.92 Å². The van der Waals surface area contributed by atoms with E-state index in [2.05, 4.69) is 11.0 Å². The largest absolute Gasteiger partial charge is 0.347 e. The van der Waals surface area contributed by atoms with E-state index >= 15 is 0 Å². The zero-order valence-electron chi connectivity index (χ0n) is 16.2. The summed E-state index contributed by atoms with van der Waals surface area (Å²) in [5.41, 5.74) is 1.58. The number of para-hydroxylation sites is 2. The number of hydrogen-bond acceptors (Lipinski definition) is 6. The number of rotatable bonds is 5. The number of benzene rings is 2. The van der Waals surface area contributed by atoms with Crippen molar-refractivity contribution in [3.63, 3.8) is 0 Å². The standard InChI is InChI=1S/C21H22N4O3S/c1-23(13-15-7-2-4-10-18(15)25(27)28)20(26)16-8-6-12-24(14-16)21-22-17-9-3-5-11-19(17)29-21/h2-5,7,9-11,16H,6,8,12-14H2,1H3/t16-/m0/s1. The number of carbonyl (C=O) groups is 1. The molecule has 2 heterocycles. The Morgan fingerprint density at radius 2 is 2.03 bits per heavy atom. The average molecular weight is 410 g/mol. The van der Waals surface area contributed by atoms with Crippen molar-refractivity contribution in [2.75, 3.05) is 25.0 Å². The molecule has 1 atom stereocenters. The van der Waals surface area contributed by atoms with Crippen molar-refractivity contribution < 1.29 is 9.72 Å². The molecule has 3 aromatic rings. The lowest BCUT2D eigenvalue weighted by Gasteiger charge is -2.33. The third kappa shape index (κ3) is 4.07. The number of fused-ring (bicyclic) bond motifs is 1. The summed E-state index contributed by atoms with van der Waals surface area (Å²) in [4.78, 5) is 32.4. The Kier molecular flexibility index (Phi) is 5.44. The van der Waals surface area contributed by atoms with E-state index in [0.717, 1.165) is 34.7 Å². The van der Waals surface area contributed by atoms with Crippen molar-refractivity contribution >= 4 is 38.3 Å². The minimum absolute atomic E-state index is 0.0222. The number of amides is 1. The van der Waals surface area contributed by atoms with Crippen molar-refractivity contribution in [2.24, 2.45) is 5.92 Å². The van der Waals surface area contributed by atoms with Crippen molar-refractivity contribution in [3.8, 4) is 0 Å². The molecule has 1 amide bonds. The number of aromatic nitrogens is 1. The molecule has 4 rings (SSSR count). The lowest BCUT2D eigenvalue weighted by molar-refractivity contribution is -0.385. The fourth-order valence-electron chi connectivity index (χ4n) is 3.82. The Bertz CT molecular complexity index is 1020. The molecular formula is C21H22N4O3S. The third-order valence-corrected chi connectivity index (χ3v) is 6.39. The number of anilines is 1. The second kappa shape index (κ2) is 8.16. The van der Waals surface area contributed by atoms with Gasteiger partial charge in [0.05, 0.1) is 27.6 Å². The Morgan fingerprint density at radius 1 is 1.28 bits per heavy atom. The van der Waals surface area contributed by atoms with E-state index in [-0.39, 0.29) is 24.1 Å². The fraction of sp³-hybridized carbons (Fsp3) is 0.333. The predicted molar refractivity (Wildman–Crippen MR) is 114 cm³/mol. The number of nitro benzene ring substituents is 1. The molecule has 29 heavy (non-hydrogen) atoms. The maximum Gasteiger partial charge on any atom is 0.274 e. The summed E-state index contributed by atoms with van der Waals surface area (Å²) >= 11 is 1.65. The smallest absolute Gasteiger partial charge is 0.274 e. The van der Waals surface area contributed by atoms with Gasteiger partial charge >= 0.3 is 0 Å². The molecule has 1 fully saturated rings. The van der Waals surface area contributed by atoms with Gasteiger partial charge in [0, 0.05) is 31.8 Å². The highest BCUT2D eigenvalue weighted by atomic mass is 32.1. The molecule has 1 saturated heterocycles. The first kappa shape index (κ1) is 19.3. The van der Waals surface area contributed by atoms with Gasteiger partial charge in [0.1, 0.15) is 0 Å². The first-order chi connectivity index (χ1) is 14.0. The average Bonchev–Trinajstić information content (AvgIpc) is 3.18. The van der Waals surface area contributed by atoms with Crippen LogP contribution >= 0.6 is 11.3 Å². The van der Waals surface area contributed by atoms with Crippen LogP contribution < -0.4 is 4.90 Å². The zero-order chi connectivity index (χ0) is 20.4. The van der Waals surface area contributed by atoms with Gasteiger partial charge in [-0.05, 0) is 25.0 Å². The van der Waals surface area contributed by atoms with Gasteiger partial charge in [-0.15, -0.1) is 0 Å². The number of carbonyl (C=O) groups excluding carboxylic acids is 1. The highest BCUT2D eigenvalue weighted by Gasteiger charge is 2.30. The van der Waals surface area contributed by atoms with Crippen LogP contribution in [0.5, 0.6) is 0 Å². The van der Waals surface area contributed by atoms with Crippen LogP contribution in [-0.2, 0) is 11.3 Å². The molecule has 0 spiro atoms. The maximum atomic E-state index is 13.0. The van der Waals surface area contributed by atoms with Gasteiger partial charge in [0.15, 0.2) is 5.13 Å². The van der Waals surface area contributed by atoms with Gasteiger partial charge < -0.3 is 9.80 Å². The molecule has 1 aliphatic rings. The molecule has 1 aromatic heterocycles. The Labute approximate surface area is 172 Å². The van der Waals surface area contributed by atoms with Gasteiger partial charge in [-0.3, -0.25) is 14.9 Å². The lowest BCUT2D eigenvalue weighted by Crippen LogP contribution is -2.43. The Balaban J connectivity index is 1.46. The number of hydrogen-bond donors (Lipinski definition) is 0. The summed E-state index contributed by atoms with van der Waals surface area (Å²) in [6, 6.07) is 14.6. The van der Waals surface area contributed by atoms with Crippen LogP contribution in [0.3, 0.4) is 0 Å². The van der Waals surface area contributed by atoms with Crippen LogP contribution in [0.1, 0.15) is 18.4 Å². The first-order valence-corrected chi connectivity index (χ1v) is 10.4. The molecule has 0 bridgehead atoms. The van der Waals surface area contributed by atoms with Gasteiger partial charge in [-0.2, -0.15) is 0 Å². The molecular weight excluding hydrogens is 388 g/mol. The molecule has 7 nitrogen and oxygen atoms in total. The first-order valence-electron chi connectivity index (χ1n) is 9.60. The van der Waals surface area contributed by atoms with Gasteiger partial charge in [-0.1, -0.05) is 41.7 Å². The Hall–Kier alpha value is -3.00. The van der Waals surface area contributed by atoms with Crippen molar-refractivity contribution in [1.29, 1.82) is 0 Å². The van der Waals surface area contributed by atoms with Gasteiger partial charge in [0.2, 0.25) is 5.91 Å². The van der Waals surface area contributed by atoms with Crippen LogP contribution in [0.25, 0.3) is 10.2 Å². The molecule has 8 heteroatoms. The number of piperidine rings is 1. The van der Waals surface area contributed by atoms with Crippen LogP contribution in [-0.4, -0.2) is 40.9 Å². The lowest BCUT2D eigenvalue weighted by atomic mass is 9.96. The molecule has 150 valence electrons. The third-order valence-electron chi connectivity index (χ3n) is 5.30. The highest BCUT2D eigenvalue weighted by molar-refractivity contribution is 7.22. The summed E-state index contributed by atoms with van der Waals surface area (Å²) < 4.78 is 1.14. The van der Waals surface area contributed by atoms with E-state index in [4.69, 9.17) is 4.98 Å². The van der Waals surface area contributed by atoms with Crippen molar-refractivity contribution in [2.45, 2.75) is 19.4 Å². The van der Waals surface area contributed by atoms with Gasteiger partial charge in [0.25, 0.3) is 5.69 Å². The minimum Gasteiger partial charge on any atom is -0.347 e. The second-order valence-electron chi connectivity index (χ2n) is 7.33. The van der Waals surface area contributed by atoms with Crippen molar-refractivity contribution in [3.05, 3.63) is 64.2 Å². The summed E-state index contributed by atoms with van der Waals surface area (Å²) in [6.07, 6.45) is 1.74. The monoisotopic (exact) mass is 410 g/mol. The van der Waals surface area contributed by atoms with Crippen LogP contribution in [0.2, 0.25) is 0 Å². The maximum absolute atomic E-state index is 13.0. The second-order valence-corrected chi connectivity index (χ2v) is 8.34. The molecule has 0 radical (unpaired) electrons. The highest BCUT2D eigenvalue weighted by Crippen LogP contribution is 2.32. The fourth-order valence-corrected chi connectivity index (χ4v) is 4.82. The molecule has 0 aliphatic carbocycles. The summed E-state index contributed by atoms with van der Waals surface area (Å²) in [6.45, 7) is 1.74. The number of thiazole rings is 1. The minimum atomic E-state index is -0.400. The van der Waals surface area contributed by atoms with E-state index in [9.17, 15) is 14.9 Å². The SMILES string of the molecule is CN(Cc1ccccc1[N+](=O)[O-])C(=O)[C@H]1CCCN(c2nc3ccccc3s2)C1. The van der Waals surface area contributed by atoms with E-state index in [0.29, 0.717) is 12.1 Å². The van der Waals surface area contributed by atoms with Crippen molar-refractivity contribution in [1.82, 2.24) is 9.88 Å². The van der Waals surface area contributed by atoms with Crippen LogP contribution in [0.15, 0.2) is 48.5 Å². The summed E-state index contributed by atoms with van der Waals surface area (Å²) in [5, 5.41) is 12.2. The van der Waals surface area contributed by atoms with E-state index in [1.807, 2.05) is 18.2 Å². The number of nitro groups is 1. The van der Waals surface area contributed by atoms with Crippen LogP contribution in [0.4, 0.5) is 10.8 Å². The topological polar surface area (TPSA) is 79.6 Å². The predicted octanol–water partition coefficient (Wildman–Crippen LogP) is 4.08. The Morgan fingerprint density at radius 3 is 2.83 bits per heavy atom.